The van der Waals surface area contributed by atoms with Crippen molar-refractivity contribution in [2.24, 2.45) is 0 Å². The summed E-state index contributed by atoms with van der Waals surface area (Å²) in [6.45, 7) is 0. The number of nitrogens with one attached hydrogen (secondary N) is 2. The molecule has 0 bridgehead atoms. The maximum atomic E-state index is 12.2. The number of hydrogen-bond donors (Lipinski definition) is 2. The van der Waals surface area contributed by atoms with Gasteiger partial charge < -0.3 is 15.0 Å². The number of anilines is 1. The quantitative estimate of drug-likeness (QED) is 0.776. The summed E-state index contributed by atoms with van der Waals surface area (Å²) in [4.78, 5) is 15.7. The molecular weight excluding hydrogens is 300 g/mol. The zero-order chi connectivity index (χ0) is 15.8. The van der Waals surface area contributed by atoms with Gasteiger partial charge in [-0.3, -0.25) is 4.79 Å². The van der Waals surface area contributed by atoms with E-state index in [1.54, 1.807) is 0 Å². The van der Waals surface area contributed by atoms with Crippen LogP contribution in [0.3, 0.4) is 0 Å². The maximum absolute atomic E-state index is 12.2. The molecule has 3 heterocycles. The van der Waals surface area contributed by atoms with Crippen LogP contribution in [0.5, 0.6) is 5.75 Å². The van der Waals surface area contributed by atoms with Crippen molar-refractivity contribution in [1.82, 2.24) is 4.98 Å². The highest BCUT2D eigenvalue weighted by atomic mass is 16.5. The number of fused-ring (bicyclic) bond motifs is 9. The van der Waals surface area contributed by atoms with Gasteiger partial charge in [0.2, 0.25) is 5.91 Å². The van der Waals surface area contributed by atoms with E-state index in [9.17, 15) is 4.79 Å². The lowest BCUT2D eigenvalue weighted by molar-refractivity contribution is -0.115. The van der Waals surface area contributed by atoms with Crippen molar-refractivity contribution in [3.63, 3.8) is 0 Å². The van der Waals surface area contributed by atoms with Gasteiger partial charge in [-0.05, 0) is 29.7 Å². The highest BCUT2D eigenvalue weighted by Crippen LogP contribution is 2.39. The topological polar surface area (TPSA) is 54.1 Å². The average molecular weight is 314 g/mol. The van der Waals surface area contributed by atoms with E-state index in [1.807, 2.05) is 12.2 Å². The number of aromatic nitrogens is 1. The minimum atomic E-state index is -0.0698. The normalized spacial score (nSPS) is 21.9. The number of ether oxygens (including phenoxy) is 1. The van der Waals surface area contributed by atoms with Crippen molar-refractivity contribution >= 4 is 34.1 Å². The number of rotatable bonds is 0. The van der Waals surface area contributed by atoms with Gasteiger partial charge in [0, 0.05) is 21.5 Å². The van der Waals surface area contributed by atoms with Gasteiger partial charge in [0.1, 0.15) is 6.10 Å². The fraction of sp³-hybridized carbons (Fsp3) is 0.150. The molecule has 0 spiro atoms. The van der Waals surface area contributed by atoms with Crippen LogP contribution < -0.4 is 20.6 Å². The van der Waals surface area contributed by atoms with Gasteiger partial charge in [0.25, 0.3) is 0 Å². The SMILES string of the molecule is O=C1Cc2c(c3c(c4[nH]c5c(c24)CC=CC=5)OC2C=CC=CC=32)N1. The van der Waals surface area contributed by atoms with Crippen LogP contribution in [-0.4, -0.2) is 17.0 Å². The Balaban J connectivity index is 1.85. The first-order chi connectivity index (χ1) is 11.8. The van der Waals surface area contributed by atoms with E-state index in [0.717, 1.165) is 50.5 Å². The first-order valence-electron chi connectivity index (χ1n) is 8.23. The van der Waals surface area contributed by atoms with E-state index in [-0.39, 0.29) is 12.0 Å². The van der Waals surface area contributed by atoms with Crippen LogP contribution >= 0.6 is 0 Å². The molecule has 6 rings (SSSR count). The summed E-state index contributed by atoms with van der Waals surface area (Å²) in [5.41, 5.74) is 5.46. The Morgan fingerprint density at radius 2 is 2.12 bits per heavy atom. The smallest absolute Gasteiger partial charge is 0.228 e. The summed E-state index contributed by atoms with van der Waals surface area (Å²) in [6.07, 6.45) is 15.7. The maximum Gasteiger partial charge on any atom is 0.228 e. The van der Waals surface area contributed by atoms with Gasteiger partial charge in [-0.1, -0.05) is 30.4 Å². The van der Waals surface area contributed by atoms with Crippen LogP contribution in [0.15, 0.2) is 36.5 Å². The van der Waals surface area contributed by atoms with Gasteiger partial charge in [-0.15, -0.1) is 0 Å². The monoisotopic (exact) mass is 314 g/mol. The molecule has 0 saturated carbocycles. The summed E-state index contributed by atoms with van der Waals surface area (Å²) in [7, 11) is 0. The van der Waals surface area contributed by atoms with Crippen molar-refractivity contribution < 1.29 is 9.53 Å². The summed E-state index contributed by atoms with van der Waals surface area (Å²) < 4.78 is 6.27. The molecule has 2 N–H and O–H groups in total. The van der Waals surface area contributed by atoms with Crippen molar-refractivity contribution in [2.75, 3.05) is 5.32 Å². The van der Waals surface area contributed by atoms with Gasteiger partial charge in [-0.25, -0.2) is 0 Å². The Morgan fingerprint density at radius 3 is 3.08 bits per heavy atom. The van der Waals surface area contributed by atoms with Crippen molar-refractivity contribution in [3.8, 4) is 5.75 Å². The molecule has 4 aliphatic rings. The van der Waals surface area contributed by atoms with Crippen LogP contribution in [0, 0.1) is 0 Å². The number of carbonyl (C=O) groups is 1. The summed E-state index contributed by atoms with van der Waals surface area (Å²) in [6, 6.07) is 0. The lowest BCUT2D eigenvalue weighted by Crippen LogP contribution is -2.14. The van der Waals surface area contributed by atoms with E-state index in [4.69, 9.17) is 4.74 Å². The third kappa shape index (κ3) is 1.37. The fourth-order valence-corrected chi connectivity index (χ4v) is 4.31. The second-order valence-electron chi connectivity index (χ2n) is 6.59. The Labute approximate surface area is 137 Å². The standard InChI is InChI=1S/C20H14N2O2/c23-15-9-12-16-10-5-1-3-7-13(10)21-19(16)20-17(18(12)22-15)11-6-2-4-8-14(11)24-20/h1-4,6-8,14,21H,5,9H2,(H,22,23). The molecule has 1 aromatic carbocycles. The summed E-state index contributed by atoms with van der Waals surface area (Å²) >= 11 is 0. The molecule has 0 saturated heterocycles. The zero-order valence-corrected chi connectivity index (χ0v) is 12.8. The molecule has 0 fully saturated rings. The van der Waals surface area contributed by atoms with E-state index in [2.05, 4.69) is 40.7 Å². The van der Waals surface area contributed by atoms with Crippen LogP contribution in [-0.2, 0) is 17.6 Å². The highest BCUT2D eigenvalue weighted by molar-refractivity contribution is 6.09. The number of hydrogen-bond acceptors (Lipinski definition) is 2. The minimum absolute atomic E-state index is 0.0596. The highest BCUT2D eigenvalue weighted by Gasteiger charge is 2.34. The Bertz CT molecular complexity index is 1170. The third-order valence-corrected chi connectivity index (χ3v) is 5.28. The Hall–Kier alpha value is -3.01. The van der Waals surface area contributed by atoms with Crippen LogP contribution in [0.2, 0.25) is 0 Å². The molecule has 4 nitrogen and oxygen atoms in total. The van der Waals surface area contributed by atoms with Gasteiger partial charge in [-0.2, -0.15) is 0 Å². The number of amides is 1. The second kappa shape index (κ2) is 4.09. The van der Waals surface area contributed by atoms with Gasteiger partial charge in [0.15, 0.2) is 5.75 Å². The number of aromatic amines is 1. The minimum Gasteiger partial charge on any atom is -0.479 e. The molecule has 2 aliphatic heterocycles. The third-order valence-electron chi connectivity index (χ3n) is 5.28. The largest absolute Gasteiger partial charge is 0.479 e. The van der Waals surface area contributed by atoms with Crippen molar-refractivity contribution in [3.05, 3.63) is 58.2 Å². The molecule has 1 unspecified atom stereocenters. The number of benzene rings is 1. The molecule has 4 heteroatoms. The molecule has 1 amide bonds. The van der Waals surface area contributed by atoms with Gasteiger partial charge in [0.05, 0.1) is 17.6 Å². The first-order valence-corrected chi connectivity index (χ1v) is 8.23. The lowest BCUT2D eigenvalue weighted by atomic mass is 9.96. The van der Waals surface area contributed by atoms with Crippen LogP contribution in [0.1, 0.15) is 11.1 Å². The molecular formula is C20H14N2O2. The number of H-pyrrole nitrogens is 1. The molecule has 2 aromatic rings. The van der Waals surface area contributed by atoms with Crippen molar-refractivity contribution in [2.45, 2.75) is 18.9 Å². The average Bonchev–Trinajstić information content (AvgIpc) is 3.25. The zero-order valence-electron chi connectivity index (χ0n) is 12.8. The molecule has 1 atom stereocenters. The number of allylic oxidation sites excluding steroid dienone is 4. The predicted molar refractivity (Wildman–Crippen MR) is 93.3 cm³/mol. The van der Waals surface area contributed by atoms with Crippen LogP contribution in [0.4, 0.5) is 5.69 Å². The predicted octanol–water partition coefficient (Wildman–Crippen LogP) is 1.59. The number of carbonyl (C=O) groups excluding carboxylic acids is 1. The first kappa shape index (κ1) is 12.4. The Kier molecular flexibility index (Phi) is 2.12. The van der Waals surface area contributed by atoms with Crippen molar-refractivity contribution in [1.29, 1.82) is 0 Å². The second-order valence-corrected chi connectivity index (χ2v) is 6.59. The fourth-order valence-electron chi connectivity index (χ4n) is 4.31. The summed E-state index contributed by atoms with van der Waals surface area (Å²) in [5, 5.41) is 6.40. The molecule has 2 aliphatic carbocycles. The molecule has 24 heavy (non-hydrogen) atoms. The van der Waals surface area contributed by atoms with Crippen LogP contribution in [0.25, 0.3) is 22.6 Å². The van der Waals surface area contributed by atoms with E-state index >= 15 is 0 Å². The molecule has 116 valence electrons. The van der Waals surface area contributed by atoms with E-state index in [0.29, 0.717) is 6.42 Å². The molecule has 0 radical (unpaired) electrons. The lowest BCUT2D eigenvalue weighted by Gasteiger charge is -2.11. The van der Waals surface area contributed by atoms with Gasteiger partial charge >= 0.3 is 0 Å². The Morgan fingerprint density at radius 1 is 1.17 bits per heavy atom. The summed E-state index contributed by atoms with van der Waals surface area (Å²) in [5.74, 6) is 0.925. The van der Waals surface area contributed by atoms with E-state index in [1.165, 1.54) is 5.56 Å². The molecule has 1 aromatic heterocycles. The van der Waals surface area contributed by atoms with E-state index < -0.39 is 0 Å².